The Balaban J connectivity index is 1.71. The molecule has 0 radical (unpaired) electrons. The number of nitrogens with one attached hydrogen (secondary N) is 1. The van der Waals surface area contributed by atoms with Crippen LogP contribution in [0, 0.1) is 0 Å². The molecular weight excluding hydrogens is 342 g/mol. The zero-order valence-electron chi connectivity index (χ0n) is 13.5. The van der Waals surface area contributed by atoms with Crippen molar-refractivity contribution in [1.29, 1.82) is 0 Å². The summed E-state index contributed by atoms with van der Waals surface area (Å²) in [6.45, 7) is 1.06. The number of fused-ring (bicyclic) bond motifs is 1. The van der Waals surface area contributed by atoms with Gasteiger partial charge in [-0.2, -0.15) is 0 Å². The number of halogens is 1. The van der Waals surface area contributed by atoms with Crippen molar-refractivity contribution in [3.8, 4) is 11.5 Å². The molecule has 130 valence electrons. The fourth-order valence-electron chi connectivity index (χ4n) is 2.45. The molecule has 0 saturated heterocycles. The second kappa shape index (κ2) is 8.05. The highest BCUT2D eigenvalue weighted by atomic mass is 35.5. The van der Waals surface area contributed by atoms with Crippen molar-refractivity contribution in [2.24, 2.45) is 0 Å². The maximum absolute atomic E-state index is 12.1. The molecule has 0 unspecified atom stereocenters. The van der Waals surface area contributed by atoms with Crippen LogP contribution in [-0.2, 0) is 11.4 Å². The van der Waals surface area contributed by atoms with E-state index in [1.165, 1.54) is 6.08 Å². The molecule has 1 aliphatic heterocycles. The maximum Gasteiger partial charge on any atom is 0.248 e. The molecule has 0 saturated carbocycles. The smallest absolute Gasteiger partial charge is 0.248 e. The van der Waals surface area contributed by atoms with E-state index in [1.54, 1.807) is 42.5 Å². The predicted molar refractivity (Wildman–Crippen MR) is 97.1 cm³/mol. The molecular formula is C19H18ClNO4. The van der Waals surface area contributed by atoms with Gasteiger partial charge in [0.15, 0.2) is 11.5 Å². The fraction of sp³-hybridized carbons (Fsp3) is 0.211. The Morgan fingerprint density at radius 2 is 2.08 bits per heavy atom. The lowest BCUT2D eigenvalue weighted by Crippen LogP contribution is -2.07. The number of amides is 1. The fourth-order valence-corrected chi connectivity index (χ4v) is 2.72. The second-order valence-electron chi connectivity index (χ2n) is 5.56. The molecule has 3 rings (SSSR count). The minimum Gasteiger partial charge on any atom is -0.489 e. The Bertz CT molecular complexity index is 804. The molecule has 2 aromatic rings. The Labute approximate surface area is 150 Å². The average molecular weight is 360 g/mol. The molecule has 0 bridgehead atoms. The normalized spacial score (nSPS) is 13.5. The summed E-state index contributed by atoms with van der Waals surface area (Å²) in [4.78, 5) is 12.1. The molecule has 2 N–H and O–H groups in total. The Morgan fingerprint density at radius 1 is 1.24 bits per heavy atom. The van der Waals surface area contributed by atoms with E-state index in [9.17, 15) is 4.79 Å². The van der Waals surface area contributed by atoms with Crippen molar-refractivity contribution in [2.45, 2.75) is 13.0 Å². The lowest BCUT2D eigenvalue weighted by atomic mass is 10.1. The molecule has 6 heteroatoms. The van der Waals surface area contributed by atoms with Gasteiger partial charge in [0.2, 0.25) is 5.91 Å². The number of hydrogen-bond acceptors (Lipinski definition) is 4. The van der Waals surface area contributed by atoms with Gasteiger partial charge in [0, 0.05) is 18.2 Å². The van der Waals surface area contributed by atoms with Gasteiger partial charge in [0.05, 0.1) is 24.8 Å². The molecule has 25 heavy (non-hydrogen) atoms. The first-order valence-electron chi connectivity index (χ1n) is 7.94. The summed E-state index contributed by atoms with van der Waals surface area (Å²) < 4.78 is 11.2. The molecule has 1 heterocycles. The lowest BCUT2D eigenvalue weighted by molar-refractivity contribution is -0.111. The van der Waals surface area contributed by atoms with Crippen molar-refractivity contribution in [1.82, 2.24) is 0 Å². The highest BCUT2D eigenvalue weighted by Crippen LogP contribution is 2.38. The van der Waals surface area contributed by atoms with E-state index in [4.69, 9.17) is 26.2 Å². The minimum absolute atomic E-state index is 0.0742. The van der Waals surface area contributed by atoms with Gasteiger partial charge in [0.25, 0.3) is 0 Å². The van der Waals surface area contributed by atoms with E-state index in [1.807, 2.05) is 0 Å². The van der Waals surface area contributed by atoms with Gasteiger partial charge in [-0.05, 0) is 41.5 Å². The summed E-state index contributed by atoms with van der Waals surface area (Å²) in [5.41, 5.74) is 2.10. The molecule has 0 aromatic heterocycles. The number of rotatable bonds is 4. The summed E-state index contributed by atoms with van der Waals surface area (Å²) in [6, 6.07) is 10.6. The third-order valence-electron chi connectivity index (χ3n) is 3.63. The number of hydrogen-bond donors (Lipinski definition) is 2. The summed E-state index contributed by atoms with van der Waals surface area (Å²) in [6.07, 6.45) is 3.87. The van der Waals surface area contributed by atoms with Crippen molar-refractivity contribution in [2.75, 3.05) is 18.5 Å². The van der Waals surface area contributed by atoms with Crippen LogP contribution in [0.15, 0.2) is 42.5 Å². The highest BCUT2D eigenvalue weighted by molar-refractivity contribution is 6.32. The molecule has 5 nitrogen and oxygen atoms in total. The molecule has 0 atom stereocenters. The number of anilines is 1. The Kier molecular flexibility index (Phi) is 5.58. The topological polar surface area (TPSA) is 67.8 Å². The number of ether oxygens (including phenoxy) is 2. The van der Waals surface area contributed by atoms with Gasteiger partial charge in [0.1, 0.15) is 0 Å². The first-order chi connectivity index (χ1) is 12.2. The van der Waals surface area contributed by atoms with Gasteiger partial charge in [-0.25, -0.2) is 0 Å². The standard InChI is InChI=1S/C19H18ClNO4/c20-16-10-13(11-17-19(16)25-8-2-7-24-17)5-6-18(23)21-15-4-1-3-14(9-15)12-22/h1,3-6,9-11,22H,2,7-8,12H2,(H,21,23)/b6-5+. The highest BCUT2D eigenvalue weighted by Gasteiger charge is 2.14. The van der Waals surface area contributed by atoms with Crippen LogP contribution < -0.4 is 14.8 Å². The van der Waals surface area contributed by atoms with E-state index in [-0.39, 0.29) is 12.5 Å². The van der Waals surface area contributed by atoms with Gasteiger partial charge in [-0.1, -0.05) is 23.7 Å². The van der Waals surface area contributed by atoms with E-state index in [0.29, 0.717) is 35.4 Å². The van der Waals surface area contributed by atoms with Gasteiger partial charge < -0.3 is 19.9 Å². The molecule has 1 amide bonds. The van der Waals surface area contributed by atoms with Crippen LogP contribution in [-0.4, -0.2) is 24.2 Å². The monoisotopic (exact) mass is 359 g/mol. The number of benzene rings is 2. The lowest BCUT2D eigenvalue weighted by Gasteiger charge is -2.10. The number of aliphatic hydroxyl groups excluding tert-OH is 1. The van der Waals surface area contributed by atoms with E-state index < -0.39 is 0 Å². The van der Waals surface area contributed by atoms with Crippen molar-refractivity contribution in [3.63, 3.8) is 0 Å². The van der Waals surface area contributed by atoms with Crippen molar-refractivity contribution in [3.05, 3.63) is 58.6 Å². The SMILES string of the molecule is O=C(/C=C/c1cc(Cl)c2c(c1)OCCCO2)Nc1cccc(CO)c1. The van der Waals surface area contributed by atoms with Crippen molar-refractivity contribution >= 4 is 29.3 Å². The van der Waals surface area contributed by atoms with Crippen LogP contribution in [0.5, 0.6) is 11.5 Å². The quantitative estimate of drug-likeness (QED) is 0.818. The maximum atomic E-state index is 12.1. The van der Waals surface area contributed by atoms with Crippen molar-refractivity contribution < 1.29 is 19.4 Å². The molecule has 1 aliphatic rings. The Hall–Kier alpha value is -2.50. The molecule has 0 fully saturated rings. The number of carbonyl (C=O) groups is 1. The second-order valence-corrected chi connectivity index (χ2v) is 5.97. The van der Waals surface area contributed by atoms with E-state index in [2.05, 4.69) is 5.32 Å². The van der Waals surface area contributed by atoms with Crippen LogP contribution in [0.4, 0.5) is 5.69 Å². The zero-order valence-corrected chi connectivity index (χ0v) is 14.3. The van der Waals surface area contributed by atoms with E-state index >= 15 is 0 Å². The van der Waals surface area contributed by atoms with Crippen LogP contribution in [0.2, 0.25) is 5.02 Å². The number of aliphatic hydroxyl groups is 1. The van der Waals surface area contributed by atoms with Gasteiger partial charge in [-0.3, -0.25) is 4.79 Å². The van der Waals surface area contributed by atoms with Crippen LogP contribution in [0.25, 0.3) is 6.08 Å². The van der Waals surface area contributed by atoms with Gasteiger partial charge in [-0.15, -0.1) is 0 Å². The largest absolute Gasteiger partial charge is 0.489 e. The minimum atomic E-state index is -0.279. The Morgan fingerprint density at radius 3 is 2.92 bits per heavy atom. The number of carbonyl (C=O) groups excluding carboxylic acids is 1. The molecule has 0 spiro atoms. The van der Waals surface area contributed by atoms with Crippen LogP contribution >= 0.6 is 11.6 Å². The summed E-state index contributed by atoms with van der Waals surface area (Å²) >= 11 is 6.24. The summed E-state index contributed by atoms with van der Waals surface area (Å²) in [7, 11) is 0. The van der Waals surface area contributed by atoms with Crippen LogP contribution in [0.1, 0.15) is 17.5 Å². The third kappa shape index (κ3) is 4.53. The average Bonchev–Trinajstić information content (AvgIpc) is 2.86. The predicted octanol–water partition coefficient (Wildman–Crippen LogP) is 3.65. The zero-order chi connectivity index (χ0) is 17.6. The first kappa shape index (κ1) is 17.3. The third-order valence-corrected chi connectivity index (χ3v) is 3.91. The molecule has 0 aliphatic carbocycles. The molecule has 2 aromatic carbocycles. The summed E-state index contributed by atoms with van der Waals surface area (Å²) in [5.74, 6) is 0.848. The van der Waals surface area contributed by atoms with Crippen LogP contribution in [0.3, 0.4) is 0 Å². The van der Waals surface area contributed by atoms with E-state index in [0.717, 1.165) is 17.5 Å². The van der Waals surface area contributed by atoms with Gasteiger partial charge >= 0.3 is 0 Å². The first-order valence-corrected chi connectivity index (χ1v) is 8.31. The summed E-state index contributed by atoms with van der Waals surface area (Å²) in [5, 5.41) is 12.3.